The van der Waals surface area contributed by atoms with Gasteiger partial charge in [0.15, 0.2) is 0 Å². The summed E-state index contributed by atoms with van der Waals surface area (Å²) in [5.74, 6) is 0. The van der Waals surface area contributed by atoms with Gasteiger partial charge in [-0.3, -0.25) is 4.79 Å². The van der Waals surface area contributed by atoms with Crippen molar-refractivity contribution >= 4 is 12.0 Å². The van der Waals surface area contributed by atoms with E-state index in [0.29, 0.717) is 11.8 Å². The topological polar surface area (TPSA) is 53.5 Å². The molecule has 0 bridgehead atoms. The van der Waals surface area contributed by atoms with Crippen LogP contribution in [0.15, 0.2) is 54.6 Å². The zero-order valence-corrected chi connectivity index (χ0v) is 9.08. The highest BCUT2D eigenvalue weighted by Crippen LogP contribution is 2.19. The molecule has 0 fully saturated rings. The average Bonchev–Trinajstić information content (AvgIpc) is 2.42. The molecule has 0 saturated carbocycles. The van der Waals surface area contributed by atoms with Crippen LogP contribution in [0.3, 0.4) is 0 Å². The smallest absolute Gasteiger partial charge is 0.361 e. The molecule has 0 aliphatic carbocycles. The third-order valence-electron chi connectivity index (χ3n) is 2.51. The second-order valence-corrected chi connectivity index (χ2v) is 3.55. The summed E-state index contributed by atoms with van der Waals surface area (Å²) >= 11 is 0. The molecule has 0 spiro atoms. The molecule has 0 aliphatic rings. The Hall–Kier alpha value is -2.51. The van der Waals surface area contributed by atoms with Crippen molar-refractivity contribution in [2.75, 3.05) is 0 Å². The van der Waals surface area contributed by atoms with Gasteiger partial charge in [-0.25, -0.2) is 0 Å². The van der Waals surface area contributed by atoms with Gasteiger partial charge in [0.1, 0.15) is 0 Å². The van der Waals surface area contributed by atoms with Gasteiger partial charge < -0.3 is 5.53 Å². The first kappa shape index (κ1) is 11.0. The van der Waals surface area contributed by atoms with E-state index in [2.05, 4.69) is 4.79 Å². The highest BCUT2D eigenvalue weighted by molar-refractivity contribution is 6.33. The van der Waals surface area contributed by atoms with Crippen LogP contribution in [0.4, 0.5) is 0 Å². The minimum atomic E-state index is 0.0320. The van der Waals surface area contributed by atoms with E-state index in [1.165, 1.54) is 0 Å². The second-order valence-electron chi connectivity index (χ2n) is 3.55. The minimum Gasteiger partial charge on any atom is -0.361 e. The molecule has 0 aliphatic heterocycles. The highest BCUT2D eigenvalue weighted by Gasteiger charge is 2.09. The van der Waals surface area contributed by atoms with Crippen molar-refractivity contribution in [3.63, 3.8) is 0 Å². The van der Waals surface area contributed by atoms with Crippen LogP contribution in [0.25, 0.3) is 16.7 Å². The molecule has 0 aromatic heterocycles. The molecule has 0 amide bonds. The van der Waals surface area contributed by atoms with Crippen LogP contribution in [-0.2, 0) is 4.79 Å². The molecule has 82 valence electrons. The van der Waals surface area contributed by atoms with Gasteiger partial charge in [-0.05, 0) is 23.3 Å². The maximum atomic E-state index is 10.6. The van der Waals surface area contributed by atoms with Crippen molar-refractivity contribution < 1.29 is 9.58 Å². The van der Waals surface area contributed by atoms with E-state index in [-0.39, 0.29) is 5.71 Å². The SMILES string of the molecule is [N-]=[N+]=C(C=O)c1ccc(-c2ccccc2)cc1. The van der Waals surface area contributed by atoms with Crippen molar-refractivity contribution in [2.24, 2.45) is 0 Å². The number of benzene rings is 2. The van der Waals surface area contributed by atoms with E-state index in [4.69, 9.17) is 5.53 Å². The molecule has 3 nitrogen and oxygen atoms in total. The van der Waals surface area contributed by atoms with E-state index >= 15 is 0 Å². The van der Waals surface area contributed by atoms with E-state index in [9.17, 15) is 4.79 Å². The Balaban J connectivity index is 2.37. The molecule has 2 aromatic carbocycles. The van der Waals surface area contributed by atoms with Crippen LogP contribution >= 0.6 is 0 Å². The molecule has 0 radical (unpaired) electrons. The molecule has 0 atom stereocenters. The van der Waals surface area contributed by atoms with Gasteiger partial charge >= 0.3 is 5.71 Å². The number of aldehydes is 1. The lowest BCUT2D eigenvalue weighted by atomic mass is 10.0. The summed E-state index contributed by atoms with van der Waals surface area (Å²) in [5, 5.41) is 0. The number of rotatable bonds is 3. The zero-order valence-electron chi connectivity index (χ0n) is 9.08. The van der Waals surface area contributed by atoms with Crippen LogP contribution in [0.1, 0.15) is 5.56 Å². The predicted molar refractivity (Wildman–Crippen MR) is 65.7 cm³/mol. The molecular weight excluding hydrogens is 212 g/mol. The van der Waals surface area contributed by atoms with Gasteiger partial charge in [0.2, 0.25) is 6.29 Å². The van der Waals surface area contributed by atoms with Crippen molar-refractivity contribution in [3.8, 4) is 11.1 Å². The van der Waals surface area contributed by atoms with E-state index in [0.717, 1.165) is 11.1 Å². The third kappa shape index (κ3) is 2.36. The average molecular weight is 222 g/mol. The van der Waals surface area contributed by atoms with E-state index < -0.39 is 0 Å². The number of nitrogens with zero attached hydrogens (tertiary/aromatic N) is 2. The standard InChI is InChI=1S/C14H10N2O/c15-16-14(10-17)13-8-6-12(7-9-13)11-4-2-1-3-5-11/h1-10H. The van der Waals surface area contributed by atoms with Gasteiger partial charge in [-0.15, -0.1) is 0 Å². The Labute approximate surface area is 99.0 Å². The Morgan fingerprint density at radius 1 is 0.941 bits per heavy atom. The lowest BCUT2D eigenvalue weighted by molar-refractivity contribution is -0.106. The lowest BCUT2D eigenvalue weighted by Crippen LogP contribution is -2.02. The van der Waals surface area contributed by atoms with Crippen molar-refractivity contribution in [3.05, 3.63) is 65.7 Å². The maximum Gasteiger partial charge on any atom is 0.361 e. The Morgan fingerprint density at radius 2 is 1.53 bits per heavy atom. The maximum absolute atomic E-state index is 10.6. The van der Waals surface area contributed by atoms with Gasteiger partial charge in [-0.1, -0.05) is 42.5 Å². The summed E-state index contributed by atoms with van der Waals surface area (Å²) in [6, 6.07) is 17.2. The largest absolute Gasteiger partial charge is 0.361 e. The fourth-order valence-electron chi connectivity index (χ4n) is 1.61. The first-order valence-electron chi connectivity index (χ1n) is 5.18. The molecule has 0 unspecified atom stereocenters. The Morgan fingerprint density at radius 3 is 2.06 bits per heavy atom. The Bertz CT molecular complexity index is 567. The number of hydrogen-bond donors (Lipinski definition) is 0. The Kier molecular flexibility index (Phi) is 3.24. The fourth-order valence-corrected chi connectivity index (χ4v) is 1.61. The number of carbonyl (C=O) groups excluding carboxylic acids is 1. The lowest BCUT2D eigenvalue weighted by Gasteiger charge is -2.00. The molecular formula is C14H10N2O. The fraction of sp³-hybridized carbons (Fsp3) is 0. The molecule has 0 heterocycles. The van der Waals surface area contributed by atoms with Crippen molar-refractivity contribution in [1.29, 1.82) is 0 Å². The van der Waals surface area contributed by atoms with Gasteiger partial charge in [-0.2, -0.15) is 4.79 Å². The quantitative estimate of drug-likeness (QED) is 0.341. The van der Waals surface area contributed by atoms with Crippen LogP contribution in [0.2, 0.25) is 0 Å². The van der Waals surface area contributed by atoms with Crippen LogP contribution in [0.5, 0.6) is 0 Å². The van der Waals surface area contributed by atoms with Crippen molar-refractivity contribution in [2.45, 2.75) is 0 Å². The van der Waals surface area contributed by atoms with E-state index in [1.54, 1.807) is 12.1 Å². The van der Waals surface area contributed by atoms with Gasteiger partial charge in [0, 0.05) is 0 Å². The van der Waals surface area contributed by atoms with Crippen molar-refractivity contribution in [1.82, 2.24) is 0 Å². The van der Waals surface area contributed by atoms with Crippen LogP contribution < -0.4 is 0 Å². The molecule has 0 N–H and O–H groups in total. The van der Waals surface area contributed by atoms with E-state index in [1.807, 2.05) is 42.5 Å². The first-order valence-corrected chi connectivity index (χ1v) is 5.18. The second kappa shape index (κ2) is 5.01. The monoisotopic (exact) mass is 222 g/mol. The molecule has 2 aromatic rings. The molecule has 0 saturated heterocycles. The zero-order chi connectivity index (χ0) is 12.1. The van der Waals surface area contributed by atoms with Gasteiger partial charge in [0.25, 0.3) is 0 Å². The highest BCUT2D eigenvalue weighted by atomic mass is 16.1. The van der Waals surface area contributed by atoms with Gasteiger partial charge in [0.05, 0.1) is 5.56 Å². The summed E-state index contributed by atoms with van der Waals surface area (Å²) in [7, 11) is 0. The summed E-state index contributed by atoms with van der Waals surface area (Å²) in [6.07, 6.45) is 0.525. The summed E-state index contributed by atoms with van der Waals surface area (Å²) in [5.41, 5.74) is 11.4. The van der Waals surface area contributed by atoms with Crippen LogP contribution in [0, 0.1) is 0 Å². The molecule has 17 heavy (non-hydrogen) atoms. The summed E-state index contributed by atoms with van der Waals surface area (Å²) in [6.45, 7) is 0. The number of hydrogen-bond acceptors (Lipinski definition) is 1. The predicted octanol–water partition coefficient (Wildman–Crippen LogP) is 2.57. The third-order valence-corrected chi connectivity index (χ3v) is 2.51. The summed E-state index contributed by atoms with van der Waals surface area (Å²) < 4.78 is 0. The minimum absolute atomic E-state index is 0.0320. The molecule has 3 heteroatoms. The summed E-state index contributed by atoms with van der Waals surface area (Å²) in [4.78, 5) is 13.5. The molecule has 2 rings (SSSR count). The first-order chi connectivity index (χ1) is 8.35. The normalized spacial score (nSPS) is 9.41. The number of carbonyl (C=O) groups is 1. The van der Waals surface area contributed by atoms with Crippen LogP contribution in [-0.4, -0.2) is 16.8 Å².